The van der Waals surface area contributed by atoms with Crippen LogP contribution in [0.2, 0.25) is 0 Å². The molecule has 0 bridgehead atoms. The number of hydrogen-bond donors (Lipinski definition) is 3. The molecular weight excluding hydrogens is 324 g/mol. The first-order valence-corrected chi connectivity index (χ1v) is 8.91. The number of aromatic nitrogens is 2. The van der Waals surface area contributed by atoms with Gasteiger partial charge in [-0.1, -0.05) is 0 Å². The standard InChI is InChI=1S/C17H26N4O4/c1-11-14(16(24)19-17(25)18-11)6-15(23)21-8-12(13(9-21)10-22)7-20-4-2-3-5-20/h12-13,22H,2-10H2,1H3,(H2,18,19,24,25)/t12-,13-/m1/s1. The van der Waals surface area contributed by atoms with E-state index in [0.717, 1.165) is 19.6 Å². The van der Waals surface area contributed by atoms with E-state index >= 15 is 0 Å². The van der Waals surface area contributed by atoms with Gasteiger partial charge in [-0.15, -0.1) is 0 Å². The van der Waals surface area contributed by atoms with Crippen LogP contribution in [0.25, 0.3) is 0 Å². The van der Waals surface area contributed by atoms with Crippen LogP contribution in [-0.4, -0.2) is 70.1 Å². The third-order valence-corrected chi connectivity index (χ3v) is 5.44. The van der Waals surface area contributed by atoms with E-state index in [2.05, 4.69) is 14.9 Å². The minimum absolute atomic E-state index is 0.0352. The quantitative estimate of drug-likeness (QED) is 0.636. The van der Waals surface area contributed by atoms with Crippen molar-refractivity contribution in [2.24, 2.45) is 11.8 Å². The fraction of sp³-hybridized carbons (Fsp3) is 0.706. The third-order valence-electron chi connectivity index (χ3n) is 5.44. The molecule has 3 N–H and O–H groups in total. The Balaban J connectivity index is 1.66. The van der Waals surface area contributed by atoms with Crippen LogP contribution in [0.4, 0.5) is 0 Å². The maximum atomic E-state index is 12.6. The summed E-state index contributed by atoms with van der Waals surface area (Å²) in [5.74, 6) is 0.213. The van der Waals surface area contributed by atoms with Crippen molar-refractivity contribution >= 4 is 5.91 Å². The summed E-state index contributed by atoms with van der Waals surface area (Å²) >= 11 is 0. The molecule has 2 aliphatic rings. The third kappa shape index (κ3) is 4.01. The van der Waals surface area contributed by atoms with Crippen LogP contribution in [0.15, 0.2) is 9.59 Å². The van der Waals surface area contributed by atoms with Gasteiger partial charge in [-0.3, -0.25) is 14.6 Å². The molecule has 138 valence electrons. The molecule has 2 atom stereocenters. The van der Waals surface area contributed by atoms with Gasteiger partial charge in [0, 0.05) is 43.4 Å². The highest BCUT2D eigenvalue weighted by molar-refractivity contribution is 5.79. The Morgan fingerprint density at radius 3 is 2.48 bits per heavy atom. The van der Waals surface area contributed by atoms with Crippen molar-refractivity contribution in [1.29, 1.82) is 0 Å². The number of hydrogen-bond acceptors (Lipinski definition) is 5. The molecule has 3 heterocycles. The van der Waals surface area contributed by atoms with E-state index < -0.39 is 11.2 Å². The van der Waals surface area contributed by atoms with Gasteiger partial charge in [0.05, 0.1) is 6.42 Å². The molecule has 0 unspecified atom stereocenters. The Bertz CT molecular complexity index is 735. The molecule has 1 amide bonds. The van der Waals surface area contributed by atoms with Gasteiger partial charge in [0.1, 0.15) is 0 Å². The zero-order valence-electron chi connectivity index (χ0n) is 14.6. The summed E-state index contributed by atoms with van der Waals surface area (Å²) in [7, 11) is 0. The van der Waals surface area contributed by atoms with Gasteiger partial charge < -0.3 is 19.9 Å². The van der Waals surface area contributed by atoms with Crippen LogP contribution in [0, 0.1) is 18.8 Å². The molecule has 25 heavy (non-hydrogen) atoms. The van der Waals surface area contributed by atoms with Crippen LogP contribution in [-0.2, 0) is 11.2 Å². The van der Waals surface area contributed by atoms with Crippen LogP contribution >= 0.6 is 0 Å². The van der Waals surface area contributed by atoms with Gasteiger partial charge in [0.2, 0.25) is 5.91 Å². The lowest BCUT2D eigenvalue weighted by Gasteiger charge is -2.22. The van der Waals surface area contributed by atoms with E-state index in [1.54, 1.807) is 11.8 Å². The average Bonchev–Trinajstić information content (AvgIpc) is 3.20. The van der Waals surface area contributed by atoms with Crippen molar-refractivity contribution in [1.82, 2.24) is 19.8 Å². The number of aliphatic hydroxyl groups excluding tert-OH is 1. The van der Waals surface area contributed by atoms with Crippen molar-refractivity contribution in [3.63, 3.8) is 0 Å². The van der Waals surface area contributed by atoms with Gasteiger partial charge in [-0.25, -0.2) is 4.79 Å². The predicted octanol–water partition coefficient (Wildman–Crippen LogP) is -0.923. The molecule has 3 rings (SSSR count). The SMILES string of the molecule is Cc1[nH]c(=O)[nH]c(=O)c1CC(=O)N1C[C@@H](CN2CCCC2)[C@@H](CO)C1. The lowest BCUT2D eigenvalue weighted by Crippen LogP contribution is -2.35. The van der Waals surface area contributed by atoms with Crippen molar-refractivity contribution in [3.05, 3.63) is 32.1 Å². The number of carbonyl (C=O) groups excluding carboxylic acids is 1. The van der Waals surface area contributed by atoms with Crippen molar-refractivity contribution < 1.29 is 9.90 Å². The van der Waals surface area contributed by atoms with Crippen LogP contribution in [0.1, 0.15) is 24.1 Å². The lowest BCUT2D eigenvalue weighted by atomic mass is 9.96. The summed E-state index contributed by atoms with van der Waals surface area (Å²) in [4.78, 5) is 44.7. The Morgan fingerprint density at radius 2 is 1.84 bits per heavy atom. The van der Waals surface area contributed by atoms with Crippen molar-refractivity contribution in [2.45, 2.75) is 26.2 Å². The zero-order valence-corrected chi connectivity index (χ0v) is 14.6. The van der Waals surface area contributed by atoms with Gasteiger partial charge >= 0.3 is 5.69 Å². The largest absolute Gasteiger partial charge is 0.396 e. The average molecular weight is 350 g/mol. The molecule has 0 spiro atoms. The second kappa shape index (κ2) is 7.53. The molecule has 0 aromatic carbocycles. The Hall–Kier alpha value is -1.93. The van der Waals surface area contributed by atoms with E-state index in [9.17, 15) is 19.5 Å². The number of likely N-dealkylation sites (tertiary alicyclic amines) is 2. The van der Waals surface area contributed by atoms with Gasteiger partial charge in [-0.2, -0.15) is 0 Å². The van der Waals surface area contributed by atoms with Gasteiger partial charge in [0.15, 0.2) is 0 Å². The molecule has 1 aromatic heterocycles. The molecule has 0 aliphatic carbocycles. The Kier molecular flexibility index (Phi) is 5.39. The molecule has 8 nitrogen and oxygen atoms in total. The van der Waals surface area contributed by atoms with E-state index in [4.69, 9.17) is 0 Å². The highest BCUT2D eigenvalue weighted by Gasteiger charge is 2.36. The number of aryl methyl sites for hydroxylation is 1. The minimum Gasteiger partial charge on any atom is -0.396 e. The van der Waals surface area contributed by atoms with E-state index in [-0.39, 0.29) is 30.8 Å². The number of nitrogens with zero attached hydrogens (tertiary/aromatic N) is 2. The van der Waals surface area contributed by atoms with Gasteiger partial charge in [-0.05, 0) is 38.8 Å². The van der Waals surface area contributed by atoms with E-state index in [0.29, 0.717) is 24.3 Å². The number of amides is 1. The van der Waals surface area contributed by atoms with Crippen LogP contribution in [0.3, 0.4) is 0 Å². The molecule has 2 fully saturated rings. The number of rotatable bonds is 5. The van der Waals surface area contributed by atoms with Crippen LogP contribution < -0.4 is 11.2 Å². The minimum atomic E-state index is -0.564. The maximum absolute atomic E-state index is 12.6. The Labute approximate surface area is 145 Å². The van der Waals surface area contributed by atoms with Crippen molar-refractivity contribution in [2.75, 3.05) is 39.3 Å². The monoisotopic (exact) mass is 350 g/mol. The zero-order chi connectivity index (χ0) is 18.0. The maximum Gasteiger partial charge on any atom is 0.325 e. The fourth-order valence-corrected chi connectivity index (χ4v) is 3.95. The number of H-pyrrole nitrogens is 2. The summed E-state index contributed by atoms with van der Waals surface area (Å²) in [6.45, 7) is 5.92. The number of aliphatic hydroxyl groups is 1. The van der Waals surface area contributed by atoms with E-state index in [1.165, 1.54) is 12.8 Å². The fourth-order valence-electron chi connectivity index (χ4n) is 3.95. The summed E-state index contributed by atoms with van der Waals surface area (Å²) in [5, 5.41) is 9.67. The molecule has 2 saturated heterocycles. The summed E-state index contributed by atoms with van der Waals surface area (Å²) in [5.41, 5.74) is -0.353. The molecule has 2 aliphatic heterocycles. The first kappa shape index (κ1) is 17.9. The van der Waals surface area contributed by atoms with Gasteiger partial charge in [0.25, 0.3) is 5.56 Å². The van der Waals surface area contributed by atoms with Crippen LogP contribution in [0.5, 0.6) is 0 Å². The number of nitrogens with one attached hydrogen (secondary N) is 2. The smallest absolute Gasteiger partial charge is 0.325 e. The number of aromatic amines is 2. The molecular formula is C17H26N4O4. The normalized spacial score (nSPS) is 24.2. The number of carbonyl (C=O) groups is 1. The first-order chi connectivity index (χ1) is 12.0. The first-order valence-electron chi connectivity index (χ1n) is 8.91. The summed E-state index contributed by atoms with van der Waals surface area (Å²) < 4.78 is 0. The second-order valence-electron chi connectivity index (χ2n) is 7.20. The highest BCUT2D eigenvalue weighted by atomic mass is 16.3. The second-order valence-corrected chi connectivity index (χ2v) is 7.20. The lowest BCUT2D eigenvalue weighted by molar-refractivity contribution is -0.129. The molecule has 0 radical (unpaired) electrons. The Morgan fingerprint density at radius 1 is 1.16 bits per heavy atom. The highest BCUT2D eigenvalue weighted by Crippen LogP contribution is 2.26. The molecule has 0 saturated carbocycles. The van der Waals surface area contributed by atoms with Crippen molar-refractivity contribution in [3.8, 4) is 0 Å². The molecule has 8 heteroatoms. The topological polar surface area (TPSA) is 109 Å². The van der Waals surface area contributed by atoms with E-state index in [1.807, 2.05) is 0 Å². The summed E-state index contributed by atoms with van der Waals surface area (Å²) in [6, 6.07) is 0. The predicted molar refractivity (Wildman–Crippen MR) is 92.4 cm³/mol. The molecule has 1 aromatic rings. The summed E-state index contributed by atoms with van der Waals surface area (Å²) in [6.07, 6.45) is 2.40.